The Balaban J connectivity index is 2.81. The molecule has 0 fully saturated rings. The van der Waals surface area contributed by atoms with E-state index >= 15 is 0 Å². The monoisotopic (exact) mass is 266 g/mol. The topological polar surface area (TPSA) is 46.3 Å². The van der Waals surface area contributed by atoms with Gasteiger partial charge in [-0.05, 0) is 30.0 Å². The second-order valence-electron chi connectivity index (χ2n) is 5.83. The highest BCUT2D eigenvalue weighted by Crippen LogP contribution is 2.20. The number of nitrogens with two attached hydrogens (primary N) is 1. The van der Waals surface area contributed by atoms with Crippen molar-refractivity contribution in [2.24, 2.45) is 11.1 Å². The highest BCUT2D eigenvalue weighted by molar-refractivity contribution is 5.82. The van der Waals surface area contributed by atoms with Crippen molar-refractivity contribution in [2.75, 3.05) is 6.54 Å². The smallest absolute Gasteiger partial charge is 0.240 e. The molecule has 0 spiro atoms. The van der Waals surface area contributed by atoms with Crippen molar-refractivity contribution in [2.45, 2.75) is 40.3 Å². The molecule has 1 aromatic rings. The van der Waals surface area contributed by atoms with Gasteiger partial charge < -0.3 is 10.6 Å². The third kappa shape index (κ3) is 4.31. The summed E-state index contributed by atoms with van der Waals surface area (Å²) in [6.45, 7) is 8.64. The number of halogens is 1. The molecule has 0 aliphatic rings. The first-order chi connectivity index (χ1) is 8.75. The molecule has 4 heteroatoms. The number of carbonyl (C=O) groups is 1. The lowest BCUT2D eigenvalue weighted by molar-refractivity contribution is -0.135. The largest absolute Gasteiger partial charge is 0.337 e. The Labute approximate surface area is 114 Å². The van der Waals surface area contributed by atoms with Crippen molar-refractivity contribution in [3.63, 3.8) is 0 Å². The summed E-state index contributed by atoms with van der Waals surface area (Å²) in [6, 6.07) is 5.73. The van der Waals surface area contributed by atoms with Crippen LogP contribution >= 0.6 is 0 Å². The summed E-state index contributed by atoms with van der Waals surface area (Å²) in [6.07, 6.45) is 0. The van der Waals surface area contributed by atoms with Crippen molar-refractivity contribution < 1.29 is 9.18 Å². The van der Waals surface area contributed by atoms with Crippen LogP contribution in [0.3, 0.4) is 0 Å². The molecule has 1 unspecified atom stereocenters. The summed E-state index contributed by atoms with van der Waals surface area (Å²) in [4.78, 5) is 14.0. The lowest BCUT2D eigenvalue weighted by Gasteiger charge is -2.31. The average molecular weight is 266 g/mol. The first-order valence-corrected chi connectivity index (χ1v) is 6.54. The molecule has 1 rings (SSSR count). The van der Waals surface area contributed by atoms with Crippen molar-refractivity contribution in [3.8, 4) is 0 Å². The van der Waals surface area contributed by atoms with Crippen LogP contribution in [-0.2, 0) is 11.3 Å². The molecule has 2 N–H and O–H groups in total. The molecule has 0 radical (unpaired) electrons. The highest BCUT2D eigenvalue weighted by Gasteiger charge is 2.30. The van der Waals surface area contributed by atoms with Gasteiger partial charge in [0.25, 0.3) is 0 Å². The van der Waals surface area contributed by atoms with Crippen molar-refractivity contribution >= 4 is 5.91 Å². The van der Waals surface area contributed by atoms with Crippen molar-refractivity contribution in [1.82, 2.24) is 4.90 Å². The number of rotatable bonds is 4. The Hall–Kier alpha value is -1.42. The van der Waals surface area contributed by atoms with E-state index in [2.05, 4.69) is 0 Å². The molecule has 0 saturated heterocycles. The van der Waals surface area contributed by atoms with Gasteiger partial charge in [0.15, 0.2) is 0 Å². The fourth-order valence-corrected chi connectivity index (χ4v) is 1.77. The van der Waals surface area contributed by atoms with Crippen LogP contribution in [0.25, 0.3) is 0 Å². The van der Waals surface area contributed by atoms with Gasteiger partial charge in [0, 0.05) is 13.1 Å². The average Bonchev–Trinajstić information content (AvgIpc) is 2.33. The quantitative estimate of drug-likeness (QED) is 0.910. The van der Waals surface area contributed by atoms with Gasteiger partial charge in [-0.1, -0.05) is 32.9 Å². The summed E-state index contributed by atoms with van der Waals surface area (Å²) in [7, 11) is 0. The maximum Gasteiger partial charge on any atom is 0.240 e. The number of hydrogen-bond donors (Lipinski definition) is 1. The van der Waals surface area contributed by atoms with Crippen LogP contribution in [0.5, 0.6) is 0 Å². The molecule has 0 saturated carbocycles. The van der Waals surface area contributed by atoms with E-state index in [0.29, 0.717) is 13.1 Å². The molecule has 1 amide bonds. The Morgan fingerprint density at radius 2 is 2.05 bits per heavy atom. The zero-order valence-corrected chi connectivity index (χ0v) is 12.1. The van der Waals surface area contributed by atoms with E-state index in [4.69, 9.17) is 5.73 Å². The third-order valence-electron chi connectivity index (χ3n) is 3.15. The second-order valence-corrected chi connectivity index (χ2v) is 5.83. The molecule has 0 bridgehead atoms. The molecule has 19 heavy (non-hydrogen) atoms. The molecule has 0 aromatic heterocycles. The van der Waals surface area contributed by atoms with E-state index in [1.54, 1.807) is 11.0 Å². The highest BCUT2D eigenvalue weighted by atomic mass is 19.1. The Bertz CT molecular complexity index is 440. The van der Waals surface area contributed by atoms with Gasteiger partial charge in [-0.25, -0.2) is 4.39 Å². The molecule has 106 valence electrons. The minimum Gasteiger partial charge on any atom is -0.337 e. The normalized spacial score (nSPS) is 13.2. The Kier molecular flexibility index (Phi) is 5.06. The van der Waals surface area contributed by atoms with Gasteiger partial charge in [0.2, 0.25) is 5.91 Å². The summed E-state index contributed by atoms with van der Waals surface area (Å²) in [5.74, 6) is -0.389. The number of hydrogen-bond acceptors (Lipinski definition) is 2. The van der Waals surface area contributed by atoms with Crippen LogP contribution in [0.4, 0.5) is 4.39 Å². The lowest BCUT2D eigenvalue weighted by Crippen LogP contribution is -2.50. The van der Waals surface area contributed by atoms with Gasteiger partial charge in [-0.2, -0.15) is 0 Å². The number of carbonyl (C=O) groups excluding carboxylic acids is 1. The molecule has 0 aliphatic heterocycles. The van der Waals surface area contributed by atoms with Gasteiger partial charge >= 0.3 is 0 Å². The minimum atomic E-state index is -0.555. The van der Waals surface area contributed by atoms with Gasteiger partial charge in [0.1, 0.15) is 5.82 Å². The van der Waals surface area contributed by atoms with Crippen molar-refractivity contribution in [1.29, 1.82) is 0 Å². The summed E-state index contributed by atoms with van der Waals surface area (Å²) in [5.41, 5.74) is 6.48. The van der Waals surface area contributed by atoms with E-state index in [1.807, 2.05) is 33.8 Å². The molecule has 0 aliphatic carbocycles. The summed E-state index contributed by atoms with van der Waals surface area (Å²) >= 11 is 0. The molecule has 3 nitrogen and oxygen atoms in total. The van der Waals surface area contributed by atoms with Crippen LogP contribution in [0.1, 0.15) is 33.3 Å². The lowest BCUT2D eigenvalue weighted by atomic mass is 9.86. The van der Waals surface area contributed by atoms with Crippen LogP contribution in [0.2, 0.25) is 0 Å². The number of amides is 1. The van der Waals surface area contributed by atoms with Crippen LogP contribution < -0.4 is 5.73 Å². The molecule has 1 atom stereocenters. The maximum absolute atomic E-state index is 13.1. The van der Waals surface area contributed by atoms with Gasteiger partial charge in [-0.3, -0.25) is 4.79 Å². The fourth-order valence-electron chi connectivity index (χ4n) is 1.77. The van der Waals surface area contributed by atoms with Crippen LogP contribution in [0, 0.1) is 11.2 Å². The van der Waals surface area contributed by atoms with E-state index in [1.165, 1.54) is 12.1 Å². The van der Waals surface area contributed by atoms with Gasteiger partial charge in [-0.15, -0.1) is 0 Å². The number of likely N-dealkylation sites (N-methyl/N-ethyl adjacent to an activating group) is 1. The van der Waals surface area contributed by atoms with Crippen LogP contribution in [-0.4, -0.2) is 23.4 Å². The third-order valence-corrected chi connectivity index (χ3v) is 3.15. The first kappa shape index (κ1) is 15.6. The SMILES string of the molecule is CCN(Cc1cccc(F)c1)C(=O)C(N)C(C)(C)C. The fraction of sp³-hybridized carbons (Fsp3) is 0.533. The van der Waals surface area contributed by atoms with E-state index in [9.17, 15) is 9.18 Å². The first-order valence-electron chi connectivity index (χ1n) is 6.54. The molecular formula is C15H23FN2O. The Morgan fingerprint density at radius 1 is 1.42 bits per heavy atom. The van der Waals surface area contributed by atoms with E-state index in [0.717, 1.165) is 5.56 Å². The molecule has 0 heterocycles. The predicted molar refractivity (Wildman–Crippen MR) is 74.9 cm³/mol. The van der Waals surface area contributed by atoms with Gasteiger partial charge in [0.05, 0.1) is 6.04 Å². The van der Waals surface area contributed by atoms with E-state index < -0.39 is 6.04 Å². The predicted octanol–water partition coefficient (Wildman–Crippen LogP) is 2.55. The number of benzene rings is 1. The minimum absolute atomic E-state index is 0.0979. The summed E-state index contributed by atoms with van der Waals surface area (Å²) < 4.78 is 13.1. The zero-order valence-electron chi connectivity index (χ0n) is 12.1. The molecule has 1 aromatic carbocycles. The van der Waals surface area contributed by atoms with Crippen LogP contribution in [0.15, 0.2) is 24.3 Å². The number of nitrogens with zero attached hydrogens (tertiary/aromatic N) is 1. The zero-order chi connectivity index (χ0) is 14.6. The second kappa shape index (κ2) is 6.15. The van der Waals surface area contributed by atoms with Crippen molar-refractivity contribution in [3.05, 3.63) is 35.6 Å². The Morgan fingerprint density at radius 3 is 2.53 bits per heavy atom. The summed E-state index contributed by atoms with van der Waals surface area (Å²) in [5, 5.41) is 0. The standard InChI is InChI=1S/C15H23FN2O/c1-5-18(14(19)13(17)15(2,3)4)10-11-7-6-8-12(16)9-11/h6-9,13H,5,10,17H2,1-4H3. The molecular weight excluding hydrogens is 243 g/mol. The van der Waals surface area contributed by atoms with E-state index in [-0.39, 0.29) is 17.1 Å². The maximum atomic E-state index is 13.1.